The van der Waals surface area contributed by atoms with Gasteiger partial charge in [-0.1, -0.05) is 6.07 Å². The smallest absolute Gasteiger partial charge is 0.412 e. The summed E-state index contributed by atoms with van der Waals surface area (Å²) in [5, 5.41) is 0. The van der Waals surface area contributed by atoms with Crippen molar-refractivity contribution < 1.29 is 28.5 Å². The Morgan fingerprint density at radius 1 is 1.16 bits per heavy atom. The summed E-state index contributed by atoms with van der Waals surface area (Å²) >= 11 is 3.57. The number of esters is 1. The monoisotopic (exact) mass is 511 g/mol. The largest absolute Gasteiger partial charge is 0.489 e. The molecule has 2 aliphatic rings. The number of ether oxygens (including phenoxy) is 4. The summed E-state index contributed by atoms with van der Waals surface area (Å²) in [7, 11) is 1.39. The molecule has 0 bridgehead atoms. The third-order valence-corrected chi connectivity index (χ3v) is 6.63. The maximum atomic E-state index is 12.9. The van der Waals surface area contributed by atoms with Crippen molar-refractivity contribution in [2.75, 3.05) is 7.11 Å². The lowest BCUT2D eigenvalue weighted by Gasteiger charge is -2.35. The van der Waals surface area contributed by atoms with Crippen LogP contribution in [-0.4, -0.2) is 53.6 Å². The zero-order valence-corrected chi connectivity index (χ0v) is 21.7. The molecule has 178 valence electrons. The van der Waals surface area contributed by atoms with Crippen molar-refractivity contribution in [2.45, 2.75) is 96.3 Å². The van der Waals surface area contributed by atoms with Crippen LogP contribution in [0, 0.1) is 0 Å². The van der Waals surface area contributed by atoms with E-state index in [9.17, 15) is 9.59 Å². The Balaban J connectivity index is 1.73. The van der Waals surface area contributed by atoms with Crippen molar-refractivity contribution >= 4 is 28.0 Å². The predicted octanol–water partition coefficient (Wildman–Crippen LogP) is 5.18. The van der Waals surface area contributed by atoms with Gasteiger partial charge in [0.25, 0.3) is 0 Å². The molecule has 1 saturated carbocycles. The number of hydrogen-bond donors (Lipinski definition) is 0. The Kier molecular flexibility index (Phi) is 6.61. The molecule has 1 amide bonds. The van der Waals surface area contributed by atoms with Gasteiger partial charge >= 0.3 is 12.1 Å². The van der Waals surface area contributed by atoms with Gasteiger partial charge in [0, 0.05) is 12.8 Å². The Bertz CT molecular complexity index is 891. The molecule has 8 heteroatoms. The van der Waals surface area contributed by atoms with Gasteiger partial charge in [-0.05, 0) is 82.1 Å². The average molecular weight is 512 g/mol. The summed E-state index contributed by atoms with van der Waals surface area (Å²) in [5.74, 6) is 0.381. The molecule has 3 atom stereocenters. The molecular weight excluding hydrogens is 478 g/mol. The van der Waals surface area contributed by atoms with E-state index in [1.807, 2.05) is 66.7 Å². The molecule has 1 aliphatic heterocycles. The minimum absolute atomic E-state index is 0.109. The maximum Gasteiger partial charge on any atom is 0.412 e. The Hall–Kier alpha value is -1.80. The number of amides is 1. The van der Waals surface area contributed by atoms with Crippen molar-refractivity contribution in [2.24, 2.45) is 0 Å². The molecule has 0 aromatic heterocycles. The molecule has 0 radical (unpaired) electrons. The Labute approximate surface area is 198 Å². The lowest BCUT2D eigenvalue weighted by atomic mass is 9.85. The second-order valence-corrected chi connectivity index (χ2v) is 11.3. The van der Waals surface area contributed by atoms with Crippen molar-refractivity contribution in [3.05, 3.63) is 28.2 Å². The van der Waals surface area contributed by atoms with Crippen molar-refractivity contribution in [3.8, 4) is 5.75 Å². The minimum atomic E-state index is -0.770. The van der Waals surface area contributed by atoms with Crippen molar-refractivity contribution in [1.82, 2.24) is 4.90 Å². The van der Waals surface area contributed by atoms with Crippen LogP contribution in [0.2, 0.25) is 0 Å². The molecule has 1 heterocycles. The normalized spacial score (nSPS) is 24.8. The minimum Gasteiger partial charge on any atom is -0.489 e. The van der Waals surface area contributed by atoms with E-state index in [1.54, 1.807) is 4.90 Å². The van der Waals surface area contributed by atoms with Crippen molar-refractivity contribution in [3.63, 3.8) is 0 Å². The molecule has 7 nitrogen and oxygen atoms in total. The molecule has 3 rings (SSSR count). The van der Waals surface area contributed by atoms with Gasteiger partial charge in [0.05, 0.1) is 29.1 Å². The second-order valence-electron chi connectivity index (χ2n) is 10.5. The van der Waals surface area contributed by atoms with Crippen LogP contribution < -0.4 is 4.74 Å². The lowest BCUT2D eigenvalue weighted by molar-refractivity contribution is -0.146. The number of carbonyl (C=O) groups excluding carboxylic acids is 2. The molecule has 0 unspecified atom stereocenters. The third kappa shape index (κ3) is 4.91. The van der Waals surface area contributed by atoms with E-state index in [1.165, 1.54) is 7.11 Å². The fourth-order valence-electron chi connectivity index (χ4n) is 4.46. The highest BCUT2D eigenvalue weighted by Crippen LogP contribution is 2.43. The standard InChI is InChI=1S/C24H34BrNO6/c1-22(2,3)32-21(28)26-17-12-15(13-19(17)31-24(26,6)7)30-18-10-9-14(11-16(18)25)23(4,5)20(27)29-8/h9-11,15,17,19H,12-13H2,1-8H3/t15-,17-,19+/m0/s1. The van der Waals surface area contributed by atoms with Gasteiger partial charge in [0.1, 0.15) is 23.2 Å². The summed E-state index contributed by atoms with van der Waals surface area (Å²) in [6.45, 7) is 13.0. The van der Waals surface area contributed by atoms with Crippen LogP contribution in [0.5, 0.6) is 5.75 Å². The van der Waals surface area contributed by atoms with Gasteiger partial charge in [-0.25, -0.2) is 4.79 Å². The molecule has 1 saturated heterocycles. The lowest BCUT2D eigenvalue weighted by Crippen LogP contribution is -2.50. The highest BCUT2D eigenvalue weighted by atomic mass is 79.9. The van der Waals surface area contributed by atoms with E-state index in [0.29, 0.717) is 18.6 Å². The number of carbonyl (C=O) groups is 2. The predicted molar refractivity (Wildman–Crippen MR) is 124 cm³/mol. The number of methoxy groups -OCH3 is 1. The maximum absolute atomic E-state index is 12.9. The van der Waals surface area contributed by atoms with Gasteiger partial charge in [-0.2, -0.15) is 0 Å². The third-order valence-electron chi connectivity index (χ3n) is 6.01. The van der Waals surface area contributed by atoms with Crippen LogP contribution >= 0.6 is 15.9 Å². The molecule has 32 heavy (non-hydrogen) atoms. The van der Waals surface area contributed by atoms with Gasteiger partial charge in [0.2, 0.25) is 0 Å². The van der Waals surface area contributed by atoms with Crippen LogP contribution in [0.25, 0.3) is 0 Å². The first kappa shape index (κ1) is 24.8. The first-order valence-corrected chi connectivity index (χ1v) is 11.7. The van der Waals surface area contributed by atoms with Crippen LogP contribution in [0.4, 0.5) is 4.79 Å². The van der Waals surface area contributed by atoms with E-state index < -0.39 is 16.7 Å². The van der Waals surface area contributed by atoms with E-state index in [0.717, 1.165) is 10.0 Å². The molecular formula is C24H34BrNO6. The van der Waals surface area contributed by atoms with Gasteiger partial charge in [-0.15, -0.1) is 0 Å². The molecule has 1 aromatic rings. The summed E-state index contributed by atoms with van der Waals surface area (Å²) in [6, 6.07) is 5.50. The number of nitrogens with zero attached hydrogens (tertiary/aromatic N) is 1. The highest BCUT2D eigenvalue weighted by molar-refractivity contribution is 9.10. The summed E-state index contributed by atoms with van der Waals surface area (Å²) in [5.41, 5.74) is -1.25. The molecule has 2 fully saturated rings. The van der Waals surface area contributed by atoms with E-state index in [4.69, 9.17) is 18.9 Å². The first-order valence-electron chi connectivity index (χ1n) is 10.9. The van der Waals surface area contributed by atoms with Crippen molar-refractivity contribution in [1.29, 1.82) is 0 Å². The summed E-state index contributed by atoms with van der Waals surface area (Å²) in [4.78, 5) is 26.7. The molecule has 1 aliphatic carbocycles. The Morgan fingerprint density at radius 2 is 1.81 bits per heavy atom. The van der Waals surface area contributed by atoms with E-state index >= 15 is 0 Å². The number of halogens is 1. The quantitative estimate of drug-likeness (QED) is 0.518. The summed E-state index contributed by atoms with van der Waals surface area (Å²) in [6.07, 6.45) is 0.733. The topological polar surface area (TPSA) is 74.3 Å². The summed E-state index contributed by atoms with van der Waals surface area (Å²) < 4.78 is 23.8. The number of fused-ring (bicyclic) bond motifs is 1. The fraction of sp³-hybridized carbons (Fsp3) is 0.667. The average Bonchev–Trinajstić information content (AvgIpc) is 3.12. The first-order chi connectivity index (χ1) is 14.7. The van der Waals surface area contributed by atoms with Gasteiger partial charge in [0.15, 0.2) is 0 Å². The molecule has 1 aromatic carbocycles. The van der Waals surface area contributed by atoms with Crippen LogP contribution in [-0.2, 0) is 24.4 Å². The second kappa shape index (κ2) is 8.52. The van der Waals surface area contributed by atoms with E-state index in [-0.39, 0.29) is 30.3 Å². The Morgan fingerprint density at radius 3 is 2.38 bits per heavy atom. The molecule has 0 N–H and O–H groups in total. The van der Waals surface area contributed by atoms with Crippen LogP contribution in [0.15, 0.2) is 22.7 Å². The SMILES string of the molecule is COC(=O)C(C)(C)c1ccc(O[C@@H]2C[C@H]3OC(C)(C)N(C(=O)OC(C)(C)C)[C@H]3C2)c(Br)c1. The fourth-order valence-corrected chi connectivity index (χ4v) is 4.93. The number of rotatable bonds is 4. The molecule has 0 spiro atoms. The van der Waals surface area contributed by atoms with Crippen LogP contribution in [0.1, 0.15) is 66.9 Å². The van der Waals surface area contributed by atoms with Gasteiger partial charge in [-0.3, -0.25) is 9.69 Å². The zero-order chi connectivity index (χ0) is 24.1. The zero-order valence-electron chi connectivity index (χ0n) is 20.2. The number of benzene rings is 1. The van der Waals surface area contributed by atoms with Crippen LogP contribution in [0.3, 0.4) is 0 Å². The van der Waals surface area contributed by atoms with E-state index in [2.05, 4.69) is 15.9 Å². The number of hydrogen-bond acceptors (Lipinski definition) is 6. The highest BCUT2D eigenvalue weighted by Gasteiger charge is 2.55. The van der Waals surface area contributed by atoms with Gasteiger partial charge < -0.3 is 18.9 Å².